The first kappa shape index (κ1) is 20.1. The molecule has 1 unspecified atom stereocenters. The Morgan fingerprint density at radius 3 is 2.33 bits per heavy atom. The van der Waals surface area contributed by atoms with Crippen molar-refractivity contribution in [2.24, 2.45) is 0 Å². The minimum absolute atomic E-state index is 0.264. The van der Waals surface area contributed by atoms with Crippen LogP contribution in [0.3, 0.4) is 0 Å². The summed E-state index contributed by atoms with van der Waals surface area (Å²) in [7, 11) is 1.54. The number of para-hydroxylation sites is 1. The van der Waals surface area contributed by atoms with Gasteiger partial charge in [0.05, 0.1) is 23.9 Å². The minimum Gasteiger partial charge on any atom is -0.383 e. The van der Waals surface area contributed by atoms with Gasteiger partial charge in [-0.25, -0.2) is 0 Å². The van der Waals surface area contributed by atoms with Crippen molar-refractivity contribution in [2.75, 3.05) is 25.6 Å². The molecule has 7 nitrogen and oxygen atoms in total. The number of carbonyl (C=O) groups excluding carboxylic acids is 3. The Hall–Kier alpha value is -3.19. The first-order chi connectivity index (χ1) is 13.0. The molecule has 2 aromatic rings. The summed E-state index contributed by atoms with van der Waals surface area (Å²) in [5.74, 6) is -1.98. The first-order valence-corrected chi connectivity index (χ1v) is 8.56. The molecule has 0 saturated carbocycles. The highest BCUT2D eigenvalue weighted by Gasteiger charge is 2.19. The van der Waals surface area contributed by atoms with E-state index >= 15 is 0 Å². The molecule has 0 aliphatic heterocycles. The van der Waals surface area contributed by atoms with E-state index in [2.05, 4.69) is 16.0 Å². The summed E-state index contributed by atoms with van der Waals surface area (Å²) in [5.41, 5.74) is 1.42. The number of rotatable bonds is 7. The highest BCUT2D eigenvalue weighted by Crippen LogP contribution is 2.15. The lowest BCUT2D eigenvalue weighted by Crippen LogP contribution is -2.37. The van der Waals surface area contributed by atoms with Gasteiger partial charge in [0.2, 0.25) is 0 Å². The minimum atomic E-state index is -0.838. The summed E-state index contributed by atoms with van der Waals surface area (Å²) in [6, 6.07) is 15.5. The molecule has 27 heavy (non-hydrogen) atoms. The SMILES string of the molecule is COCCNC(=O)c1ccccc1NC(=O)C(=O)NC(C)c1ccccc1. The second kappa shape index (κ2) is 10.1. The van der Waals surface area contributed by atoms with E-state index in [0.717, 1.165) is 5.56 Å². The van der Waals surface area contributed by atoms with E-state index in [4.69, 9.17) is 4.74 Å². The number of hydrogen-bond donors (Lipinski definition) is 3. The third-order valence-electron chi connectivity index (χ3n) is 3.87. The second-order valence-corrected chi connectivity index (χ2v) is 5.85. The predicted octanol–water partition coefficient (Wildman–Crippen LogP) is 1.88. The third-order valence-corrected chi connectivity index (χ3v) is 3.87. The van der Waals surface area contributed by atoms with E-state index in [1.165, 1.54) is 7.11 Å². The molecule has 0 bridgehead atoms. The van der Waals surface area contributed by atoms with E-state index in [1.54, 1.807) is 31.2 Å². The summed E-state index contributed by atoms with van der Waals surface area (Å²) in [6.07, 6.45) is 0. The Labute approximate surface area is 158 Å². The molecule has 0 heterocycles. The van der Waals surface area contributed by atoms with Crippen molar-refractivity contribution in [2.45, 2.75) is 13.0 Å². The van der Waals surface area contributed by atoms with Crippen LogP contribution in [-0.4, -0.2) is 38.0 Å². The van der Waals surface area contributed by atoms with Gasteiger partial charge in [-0.3, -0.25) is 14.4 Å². The lowest BCUT2D eigenvalue weighted by Gasteiger charge is -2.15. The molecular weight excluding hydrogens is 346 g/mol. The number of ether oxygens (including phenoxy) is 1. The number of carbonyl (C=O) groups is 3. The van der Waals surface area contributed by atoms with Crippen LogP contribution in [0.5, 0.6) is 0 Å². The van der Waals surface area contributed by atoms with Gasteiger partial charge in [-0.1, -0.05) is 42.5 Å². The lowest BCUT2D eigenvalue weighted by molar-refractivity contribution is -0.136. The molecule has 0 aliphatic carbocycles. The largest absolute Gasteiger partial charge is 0.383 e. The van der Waals surface area contributed by atoms with E-state index in [-0.39, 0.29) is 23.2 Å². The predicted molar refractivity (Wildman–Crippen MR) is 102 cm³/mol. The summed E-state index contributed by atoms with van der Waals surface area (Å²) in [6.45, 7) is 2.50. The van der Waals surface area contributed by atoms with Gasteiger partial charge in [0, 0.05) is 13.7 Å². The van der Waals surface area contributed by atoms with Crippen molar-refractivity contribution < 1.29 is 19.1 Å². The third kappa shape index (κ3) is 5.93. The summed E-state index contributed by atoms with van der Waals surface area (Å²) < 4.78 is 4.89. The highest BCUT2D eigenvalue weighted by molar-refractivity contribution is 6.40. The van der Waals surface area contributed by atoms with Crippen molar-refractivity contribution in [3.05, 3.63) is 65.7 Å². The molecule has 142 valence electrons. The zero-order valence-corrected chi connectivity index (χ0v) is 15.3. The fourth-order valence-corrected chi connectivity index (χ4v) is 2.42. The molecule has 2 rings (SSSR count). The second-order valence-electron chi connectivity index (χ2n) is 5.85. The maximum Gasteiger partial charge on any atom is 0.313 e. The molecule has 0 saturated heterocycles. The number of hydrogen-bond acceptors (Lipinski definition) is 4. The molecule has 7 heteroatoms. The average Bonchev–Trinajstić information content (AvgIpc) is 2.69. The van der Waals surface area contributed by atoms with Crippen LogP contribution < -0.4 is 16.0 Å². The van der Waals surface area contributed by atoms with Crippen molar-refractivity contribution in [1.82, 2.24) is 10.6 Å². The van der Waals surface area contributed by atoms with Gasteiger partial charge < -0.3 is 20.7 Å². The molecule has 1 atom stereocenters. The van der Waals surface area contributed by atoms with Gasteiger partial charge in [0.15, 0.2) is 0 Å². The Balaban J connectivity index is 2.00. The molecule has 2 aromatic carbocycles. The van der Waals surface area contributed by atoms with E-state index in [9.17, 15) is 14.4 Å². The van der Waals surface area contributed by atoms with Crippen LogP contribution in [0.1, 0.15) is 28.9 Å². The molecule has 0 radical (unpaired) electrons. The maximum absolute atomic E-state index is 12.2. The van der Waals surface area contributed by atoms with E-state index in [0.29, 0.717) is 13.2 Å². The maximum atomic E-state index is 12.2. The molecule has 0 spiro atoms. The van der Waals surface area contributed by atoms with E-state index in [1.807, 2.05) is 30.3 Å². The molecule has 3 N–H and O–H groups in total. The highest BCUT2D eigenvalue weighted by atomic mass is 16.5. The average molecular weight is 369 g/mol. The monoisotopic (exact) mass is 369 g/mol. The van der Waals surface area contributed by atoms with Crippen molar-refractivity contribution in [1.29, 1.82) is 0 Å². The van der Waals surface area contributed by atoms with Crippen LogP contribution >= 0.6 is 0 Å². The number of methoxy groups -OCH3 is 1. The van der Waals surface area contributed by atoms with Crippen LogP contribution in [0.25, 0.3) is 0 Å². The van der Waals surface area contributed by atoms with Crippen LogP contribution in [0, 0.1) is 0 Å². The number of anilines is 1. The fourth-order valence-electron chi connectivity index (χ4n) is 2.42. The Morgan fingerprint density at radius 1 is 0.963 bits per heavy atom. The number of nitrogens with one attached hydrogen (secondary N) is 3. The van der Waals surface area contributed by atoms with Crippen LogP contribution in [0.2, 0.25) is 0 Å². The topological polar surface area (TPSA) is 96.5 Å². The quantitative estimate of drug-likeness (QED) is 0.513. The smallest absolute Gasteiger partial charge is 0.313 e. The zero-order valence-electron chi connectivity index (χ0n) is 15.3. The van der Waals surface area contributed by atoms with Crippen LogP contribution in [0.4, 0.5) is 5.69 Å². The molecule has 0 fully saturated rings. The summed E-state index contributed by atoms with van der Waals surface area (Å²) in [5, 5.41) is 7.81. The Bertz CT molecular complexity index is 793. The molecule has 0 aliphatic rings. The Kier molecular flexibility index (Phi) is 7.51. The van der Waals surface area contributed by atoms with Crippen LogP contribution in [-0.2, 0) is 14.3 Å². The van der Waals surface area contributed by atoms with Gasteiger partial charge in [0.1, 0.15) is 0 Å². The van der Waals surface area contributed by atoms with Gasteiger partial charge in [-0.2, -0.15) is 0 Å². The normalized spacial score (nSPS) is 11.3. The van der Waals surface area contributed by atoms with Gasteiger partial charge in [-0.05, 0) is 24.6 Å². The molecular formula is C20H23N3O4. The first-order valence-electron chi connectivity index (χ1n) is 8.56. The van der Waals surface area contributed by atoms with Gasteiger partial charge >= 0.3 is 11.8 Å². The molecule has 3 amide bonds. The van der Waals surface area contributed by atoms with Crippen molar-refractivity contribution in [3.8, 4) is 0 Å². The van der Waals surface area contributed by atoms with E-state index < -0.39 is 11.8 Å². The molecule has 0 aromatic heterocycles. The van der Waals surface area contributed by atoms with Gasteiger partial charge in [-0.15, -0.1) is 0 Å². The zero-order chi connectivity index (χ0) is 19.6. The van der Waals surface area contributed by atoms with Crippen LogP contribution in [0.15, 0.2) is 54.6 Å². The van der Waals surface area contributed by atoms with Crippen molar-refractivity contribution in [3.63, 3.8) is 0 Å². The standard InChI is InChI=1S/C20H23N3O4/c1-14(15-8-4-3-5-9-15)22-19(25)20(26)23-17-11-7-6-10-16(17)18(24)21-12-13-27-2/h3-11,14H,12-13H2,1-2H3,(H,21,24)(H,22,25)(H,23,26). The number of benzene rings is 2. The fraction of sp³-hybridized carbons (Fsp3) is 0.250. The Morgan fingerprint density at radius 2 is 1.63 bits per heavy atom. The summed E-state index contributed by atoms with van der Waals surface area (Å²) >= 11 is 0. The number of amides is 3. The van der Waals surface area contributed by atoms with Gasteiger partial charge in [0.25, 0.3) is 5.91 Å². The summed E-state index contributed by atoms with van der Waals surface area (Å²) in [4.78, 5) is 36.7. The van der Waals surface area contributed by atoms with Crippen molar-refractivity contribution >= 4 is 23.4 Å². The lowest BCUT2D eigenvalue weighted by atomic mass is 10.1.